The van der Waals surface area contributed by atoms with E-state index in [1.807, 2.05) is 37.0 Å². The summed E-state index contributed by atoms with van der Waals surface area (Å²) >= 11 is 0. The molecule has 7 heteroatoms. The van der Waals surface area contributed by atoms with Crippen LogP contribution in [0.15, 0.2) is 41.7 Å². The minimum absolute atomic E-state index is 0.155. The van der Waals surface area contributed by atoms with Crippen LogP contribution < -0.4 is 10.2 Å². The van der Waals surface area contributed by atoms with Crippen molar-refractivity contribution in [1.82, 2.24) is 20.0 Å². The fourth-order valence-corrected chi connectivity index (χ4v) is 3.23. The lowest BCUT2D eigenvalue weighted by molar-refractivity contribution is 0.370. The number of hydrogen-bond acceptors (Lipinski definition) is 3. The lowest BCUT2D eigenvalue weighted by Crippen LogP contribution is -2.52. The van der Waals surface area contributed by atoms with Gasteiger partial charge in [-0.25, -0.2) is 4.39 Å². The number of halogens is 1. The van der Waals surface area contributed by atoms with Gasteiger partial charge in [0.1, 0.15) is 5.82 Å². The summed E-state index contributed by atoms with van der Waals surface area (Å²) in [5, 5.41) is 7.72. The SMILES string of the molecule is CN=C(NCCCn1cc(C)cn1)N1CCN(c2ccccc2F)CC1. The largest absolute Gasteiger partial charge is 0.366 e. The third-order valence-corrected chi connectivity index (χ3v) is 4.59. The first kappa shape index (κ1) is 18.2. The van der Waals surface area contributed by atoms with Gasteiger partial charge in [-0.2, -0.15) is 5.10 Å². The van der Waals surface area contributed by atoms with E-state index in [9.17, 15) is 4.39 Å². The fraction of sp³-hybridized carbons (Fsp3) is 0.474. The van der Waals surface area contributed by atoms with Gasteiger partial charge in [-0.05, 0) is 31.0 Å². The van der Waals surface area contributed by atoms with E-state index in [1.165, 1.54) is 11.6 Å². The van der Waals surface area contributed by atoms with Gasteiger partial charge < -0.3 is 15.1 Å². The standard InChI is InChI=1S/C19H27FN6/c1-16-14-23-26(15-16)9-5-8-22-19(21-2)25-12-10-24(11-13-25)18-7-4-3-6-17(18)20/h3-4,6-7,14-15H,5,8-13H2,1-2H3,(H,21,22). The summed E-state index contributed by atoms with van der Waals surface area (Å²) in [5.74, 6) is 0.757. The first-order valence-electron chi connectivity index (χ1n) is 9.11. The van der Waals surface area contributed by atoms with Gasteiger partial charge in [0.2, 0.25) is 0 Å². The second-order valence-corrected chi connectivity index (χ2v) is 6.53. The van der Waals surface area contributed by atoms with Crippen molar-refractivity contribution < 1.29 is 4.39 Å². The normalized spacial score (nSPS) is 15.4. The van der Waals surface area contributed by atoms with E-state index in [4.69, 9.17) is 0 Å². The van der Waals surface area contributed by atoms with Crippen LogP contribution in [-0.4, -0.2) is 60.4 Å². The molecule has 1 N–H and O–H groups in total. The summed E-state index contributed by atoms with van der Waals surface area (Å²) in [7, 11) is 1.81. The minimum Gasteiger partial charge on any atom is -0.366 e. The van der Waals surface area contributed by atoms with Crippen molar-refractivity contribution in [1.29, 1.82) is 0 Å². The van der Waals surface area contributed by atoms with E-state index in [1.54, 1.807) is 6.07 Å². The molecule has 1 aliphatic heterocycles. The minimum atomic E-state index is -0.155. The van der Waals surface area contributed by atoms with Crippen molar-refractivity contribution in [3.8, 4) is 0 Å². The predicted molar refractivity (Wildman–Crippen MR) is 103 cm³/mol. The highest BCUT2D eigenvalue weighted by Crippen LogP contribution is 2.20. The Hall–Kier alpha value is -2.57. The highest BCUT2D eigenvalue weighted by molar-refractivity contribution is 5.80. The molecule has 0 atom stereocenters. The first-order valence-corrected chi connectivity index (χ1v) is 9.11. The Morgan fingerprint density at radius 2 is 2.00 bits per heavy atom. The van der Waals surface area contributed by atoms with Crippen molar-refractivity contribution in [2.24, 2.45) is 4.99 Å². The summed E-state index contributed by atoms with van der Waals surface area (Å²) in [6, 6.07) is 6.97. The molecule has 0 aliphatic carbocycles. The van der Waals surface area contributed by atoms with Crippen molar-refractivity contribution >= 4 is 11.6 Å². The molecule has 26 heavy (non-hydrogen) atoms. The van der Waals surface area contributed by atoms with Gasteiger partial charge in [0.15, 0.2) is 5.96 Å². The number of guanidine groups is 1. The Bertz CT molecular complexity index is 733. The molecule has 1 saturated heterocycles. The molecule has 0 radical (unpaired) electrons. The van der Waals surface area contributed by atoms with Crippen LogP contribution in [-0.2, 0) is 6.54 Å². The van der Waals surface area contributed by atoms with Crippen LogP contribution >= 0.6 is 0 Å². The number of aliphatic imine (C=N–C) groups is 1. The lowest BCUT2D eigenvalue weighted by Gasteiger charge is -2.37. The molecule has 0 bridgehead atoms. The summed E-state index contributed by atoms with van der Waals surface area (Å²) in [5.41, 5.74) is 1.87. The Labute approximate surface area is 154 Å². The fourth-order valence-electron chi connectivity index (χ4n) is 3.23. The Kier molecular flexibility index (Phi) is 6.09. The predicted octanol–water partition coefficient (Wildman–Crippen LogP) is 2.12. The number of nitrogens with zero attached hydrogens (tertiary/aromatic N) is 5. The summed E-state index contributed by atoms with van der Waals surface area (Å²) in [6.45, 7) is 7.00. The van der Waals surface area contributed by atoms with Crippen molar-refractivity contribution in [3.05, 3.63) is 48.0 Å². The number of para-hydroxylation sites is 1. The molecule has 0 spiro atoms. The molecule has 0 amide bonds. The average Bonchev–Trinajstić information content (AvgIpc) is 3.08. The number of nitrogens with one attached hydrogen (secondary N) is 1. The van der Waals surface area contributed by atoms with Crippen LogP contribution in [0.1, 0.15) is 12.0 Å². The Morgan fingerprint density at radius 3 is 2.65 bits per heavy atom. The maximum absolute atomic E-state index is 13.9. The van der Waals surface area contributed by atoms with Gasteiger partial charge in [0, 0.05) is 52.5 Å². The number of aryl methyl sites for hydroxylation is 2. The zero-order valence-electron chi connectivity index (χ0n) is 15.5. The van der Waals surface area contributed by atoms with Gasteiger partial charge in [0.25, 0.3) is 0 Å². The van der Waals surface area contributed by atoms with Gasteiger partial charge in [0.05, 0.1) is 11.9 Å². The highest BCUT2D eigenvalue weighted by atomic mass is 19.1. The van der Waals surface area contributed by atoms with Crippen molar-refractivity contribution in [2.75, 3.05) is 44.7 Å². The van der Waals surface area contributed by atoms with E-state index in [-0.39, 0.29) is 5.82 Å². The summed E-state index contributed by atoms with van der Waals surface area (Å²) in [4.78, 5) is 8.72. The molecule has 2 aromatic rings. The number of benzene rings is 1. The zero-order chi connectivity index (χ0) is 18.4. The van der Waals surface area contributed by atoms with E-state index in [0.717, 1.165) is 51.6 Å². The molecule has 3 rings (SSSR count). The van der Waals surface area contributed by atoms with Gasteiger partial charge in [-0.15, -0.1) is 0 Å². The lowest BCUT2D eigenvalue weighted by atomic mass is 10.2. The summed E-state index contributed by atoms with van der Waals surface area (Å²) < 4.78 is 15.9. The second-order valence-electron chi connectivity index (χ2n) is 6.53. The van der Waals surface area contributed by atoms with Crippen molar-refractivity contribution in [3.63, 3.8) is 0 Å². The van der Waals surface area contributed by atoms with E-state index < -0.39 is 0 Å². The van der Waals surface area contributed by atoms with Gasteiger partial charge in [-0.1, -0.05) is 12.1 Å². The summed E-state index contributed by atoms with van der Waals surface area (Å²) in [6.07, 6.45) is 4.91. The molecule has 1 aliphatic rings. The van der Waals surface area contributed by atoms with Crippen molar-refractivity contribution in [2.45, 2.75) is 19.9 Å². The number of piperazine rings is 1. The molecular weight excluding hydrogens is 331 g/mol. The molecule has 6 nitrogen and oxygen atoms in total. The second kappa shape index (κ2) is 8.69. The van der Waals surface area contributed by atoms with Crippen LogP contribution in [0.5, 0.6) is 0 Å². The Balaban J connectivity index is 1.44. The smallest absolute Gasteiger partial charge is 0.193 e. The van der Waals surface area contributed by atoms with Crippen LogP contribution in [0, 0.1) is 12.7 Å². The quantitative estimate of drug-likeness (QED) is 0.505. The third-order valence-electron chi connectivity index (χ3n) is 4.59. The van der Waals surface area contributed by atoms with E-state index in [2.05, 4.69) is 31.4 Å². The van der Waals surface area contributed by atoms with Crippen LogP contribution in [0.2, 0.25) is 0 Å². The zero-order valence-corrected chi connectivity index (χ0v) is 15.5. The molecule has 0 unspecified atom stereocenters. The molecule has 0 saturated carbocycles. The topological polar surface area (TPSA) is 48.7 Å². The van der Waals surface area contributed by atoms with E-state index >= 15 is 0 Å². The molecule has 1 aromatic carbocycles. The van der Waals surface area contributed by atoms with Crippen LogP contribution in [0.3, 0.4) is 0 Å². The number of hydrogen-bond donors (Lipinski definition) is 1. The molecule has 2 heterocycles. The highest BCUT2D eigenvalue weighted by Gasteiger charge is 2.21. The average molecular weight is 358 g/mol. The molecule has 1 fully saturated rings. The van der Waals surface area contributed by atoms with Crippen LogP contribution in [0.4, 0.5) is 10.1 Å². The molecule has 1 aromatic heterocycles. The maximum atomic E-state index is 13.9. The Morgan fingerprint density at radius 1 is 1.23 bits per heavy atom. The van der Waals surface area contributed by atoms with Crippen LogP contribution in [0.25, 0.3) is 0 Å². The number of aromatic nitrogens is 2. The molecule has 140 valence electrons. The van der Waals surface area contributed by atoms with Gasteiger partial charge in [-0.3, -0.25) is 9.67 Å². The van der Waals surface area contributed by atoms with Gasteiger partial charge >= 0.3 is 0 Å². The monoisotopic (exact) mass is 358 g/mol. The molecular formula is C19H27FN6. The third kappa shape index (κ3) is 4.53. The first-order chi connectivity index (χ1) is 12.7. The maximum Gasteiger partial charge on any atom is 0.193 e. The van der Waals surface area contributed by atoms with E-state index in [0.29, 0.717) is 5.69 Å². The number of anilines is 1. The number of rotatable bonds is 5.